The molecule has 0 aromatic carbocycles. The Hall–Kier alpha value is -2.23. The van der Waals surface area contributed by atoms with E-state index in [9.17, 15) is 4.79 Å². The lowest BCUT2D eigenvalue weighted by atomic mass is 9.95. The molecule has 0 amide bonds. The van der Waals surface area contributed by atoms with Gasteiger partial charge in [0.05, 0.1) is 12.2 Å². The molecule has 118 valence electrons. The first-order chi connectivity index (χ1) is 10.7. The molecule has 22 heavy (non-hydrogen) atoms. The van der Waals surface area contributed by atoms with Gasteiger partial charge in [-0.25, -0.2) is 4.79 Å². The summed E-state index contributed by atoms with van der Waals surface area (Å²) < 4.78 is 4.75. The predicted octanol–water partition coefficient (Wildman–Crippen LogP) is 4.24. The van der Waals surface area contributed by atoms with E-state index in [1.807, 2.05) is 12.4 Å². The van der Waals surface area contributed by atoms with Crippen LogP contribution in [-0.2, 0) is 4.74 Å². The number of hydrogen-bond acceptors (Lipinski definition) is 4. The largest absolute Gasteiger partial charge is 0.462 e. The molecule has 0 aliphatic heterocycles. The Morgan fingerprint density at radius 3 is 2.23 bits per heavy atom. The zero-order valence-electron chi connectivity index (χ0n) is 13.5. The van der Waals surface area contributed by atoms with Gasteiger partial charge in [0.2, 0.25) is 0 Å². The van der Waals surface area contributed by atoms with E-state index in [1.165, 1.54) is 24.6 Å². The molecule has 0 saturated heterocycles. The van der Waals surface area contributed by atoms with E-state index in [-0.39, 0.29) is 5.97 Å². The van der Waals surface area contributed by atoms with Gasteiger partial charge in [0, 0.05) is 24.8 Å². The molecule has 0 radical (unpaired) electrons. The van der Waals surface area contributed by atoms with Crippen LogP contribution in [0.3, 0.4) is 0 Å². The van der Waals surface area contributed by atoms with Crippen LogP contribution in [0.15, 0.2) is 49.1 Å². The van der Waals surface area contributed by atoms with Crippen LogP contribution < -0.4 is 0 Å². The number of nitrogens with zero attached hydrogens (tertiary/aromatic N) is 2. The molecule has 0 saturated carbocycles. The number of esters is 1. The fourth-order valence-electron chi connectivity index (χ4n) is 2.09. The third-order valence-corrected chi connectivity index (χ3v) is 3.34. The number of pyridine rings is 2. The standard InChI is InChI=1S/C10H15N.C8H9NO2/c1-3-9(4-2)10-5-7-11-8-6-10;1-2-11-8(10)7-4-3-5-9-6-7/h5-9H,3-4H2,1-2H3;3-6H,2H2,1H3. The number of rotatable bonds is 5. The minimum atomic E-state index is -0.319. The molecule has 2 heterocycles. The summed E-state index contributed by atoms with van der Waals surface area (Å²) in [6.07, 6.45) is 9.28. The Morgan fingerprint density at radius 1 is 1.05 bits per heavy atom. The van der Waals surface area contributed by atoms with E-state index in [0.29, 0.717) is 12.2 Å². The number of ether oxygens (including phenoxy) is 1. The molecule has 0 aliphatic rings. The first-order valence-corrected chi connectivity index (χ1v) is 7.69. The van der Waals surface area contributed by atoms with Crippen LogP contribution in [0.25, 0.3) is 0 Å². The minimum Gasteiger partial charge on any atom is -0.462 e. The van der Waals surface area contributed by atoms with Gasteiger partial charge in [-0.1, -0.05) is 13.8 Å². The van der Waals surface area contributed by atoms with Crippen molar-refractivity contribution in [2.75, 3.05) is 6.61 Å². The van der Waals surface area contributed by atoms with Crippen molar-refractivity contribution in [2.24, 2.45) is 0 Å². The Kier molecular flexibility index (Phi) is 8.50. The van der Waals surface area contributed by atoms with Gasteiger partial charge in [0.15, 0.2) is 0 Å². The van der Waals surface area contributed by atoms with Crippen molar-refractivity contribution in [1.29, 1.82) is 0 Å². The number of aromatic nitrogens is 2. The average molecular weight is 300 g/mol. The summed E-state index contributed by atoms with van der Waals surface area (Å²) in [5.41, 5.74) is 1.92. The van der Waals surface area contributed by atoms with Crippen molar-refractivity contribution in [3.05, 3.63) is 60.2 Å². The lowest BCUT2D eigenvalue weighted by Crippen LogP contribution is -2.04. The maximum atomic E-state index is 11.0. The highest BCUT2D eigenvalue weighted by Gasteiger charge is 2.04. The molecule has 2 rings (SSSR count). The normalized spacial score (nSPS) is 9.82. The first kappa shape index (κ1) is 17.8. The molecule has 0 aliphatic carbocycles. The van der Waals surface area contributed by atoms with E-state index >= 15 is 0 Å². The van der Waals surface area contributed by atoms with Crippen molar-refractivity contribution in [2.45, 2.75) is 39.5 Å². The van der Waals surface area contributed by atoms with E-state index in [1.54, 1.807) is 25.3 Å². The summed E-state index contributed by atoms with van der Waals surface area (Å²) in [5.74, 6) is 0.401. The molecule has 2 aromatic heterocycles. The number of carbonyl (C=O) groups is 1. The molecular weight excluding hydrogens is 276 g/mol. The van der Waals surface area contributed by atoms with Gasteiger partial charge in [-0.2, -0.15) is 0 Å². The topological polar surface area (TPSA) is 52.1 Å². The summed E-state index contributed by atoms with van der Waals surface area (Å²) in [6, 6.07) is 7.59. The Bertz CT molecular complexity index is 525. The van der Waals surface area contributed by atoms with Crippen molar-refractivity contribution >= 4 is 5.97 Å². The van der Waals surface area contributed by atoms with Gasteiger partial charge in [0.25, 0.3) is 0 Å². The van der Waals surface area contributed by atoms with E-state index < -0.39 is 0 Å². The quantitative estimate of drug-likeness (QED) is 0.775. The summed E-state index contributed by atoms with van der Waals surface area (Å²) in [6.45, 7) is 6.63. The highest BCUT2D eigenvalue weighted by molar-refractivity contribution is 5.88. The maximum absolute atomic E-state index is 11.0. The predicted molar refractivity (Wildman–Crippen MR) is 87.8 cm³/mol. The molecule has 0 spiro atoms. The van der Waals surface area contributed by atoms with Crippen molar-refractivity contribution in [1.82, 2.24) is 9.97 Å². The second-order valence-electron chi connectivity index (χ2n) is 4.76. The maximum Gasteiger partial charge on any atom is 0.339 e. The zero-order chi connectivity index (χ0) is 16.2. The lowest BCUT2D eigenvalue weighted by Gasteiger charge is -2.11. The Balaban J connectivity index is 0.000000220. The third kappa shape index (κ3) is 6.04. The van der Waals surface area contributed by atoms with E-state index in [4.69, 9.17) is 4.74 Å². The third-order valence-electron chi connectivity index (χ3n) is 3.34. The fraction of sp³-hybridized carbons (Fsp3) is 0.389. The summed E-state index contributed by atoms with van der Waals surface area (Å²) in [7, 11) is 0. The molecule has 2 aromatic rings. The number of hydrogen-bond donors (Lipinski definition) is 0. The second-order valence-corrected chi connectivity index (χ2v) is 4.76. The van der Waals surface area contributed by atoms with E-state index in [0.717, 1.165) is 5.92 Å². The van der Waals surface area contributed by atoms with Crippen LogP contribution in [0.1, 0.15) is 55.5 Å². The van der Waals surface area contributed by atoms with Gasteiger partial charge in [-0.3, -0.25) is 9.97 Å². The van der Waals surface area contributed by atoms with E-state index in [2.05, 4.69) is 35.9 Å². The van der Waals surface area contributed by atoms with Crippen molar-refractivity contribution in [3.63, 3.8) is 0 Å². The SMILES string of the molecule is CCC(CC)c1ccncc1.CCOC(=O)c1cccnc1. The van der Waals surface area contributed by atoms with Crippen molar-refractivity contribution < 1.29 is 9.53 Å². The second kappa shape index (κ2) is 10.5. The molecule has 0 atom stereocenters. The Labute approximate surface area is 132 Å². The van der Waals surface area contributed by atoms with Crippen molar-refractivity contribution in [3.8, 4) is 0 Å². The van der Waals surface area contributed by atoms with Crippen LogP contribution >= 0.6 is 0 Å². The fourth-order valence-corrected chi connectivity index (χ4v) is 2.09. The number of carbonyl (C=O) groups excluding carboxylic acids is 1. The van der Waals surface area contributed by atoms with Crippen LogP contribution in [0.2, 0.25) is 0 Å². The minimum absolute atomic E-state index is 0.319. The molecule has 0 bridgehead atoms. The van der Waals surface area contributed by atoms with Gasteiger partial charge in [-0.05, 0) is 55.5 Å². The smallest absolute Gasteiger partial charge is 0.339 e. The molecular formula is C18H24N2O2. The monoisotopic (exact) mass is 300 g/mol. The molecule has 0 fully saturated rings. The molecule has 0 N–H and O–H groups in total. The molecule has 0 unspecified atom stereocenters. The first-order valence-electron chi connectivity index (χ1n) is 7.69. The highest BCUT2D eigenvalue weighted by atomic mass is 16.5. The summed E-state index contributed by atoms with van der Waals surface area (Å²) >= 11 is 0. The Morgan fingerprint density at radius 2 is 1.73 bits per heavy atom. The van der Waals surface area contributed by atoms with Crippen LogP contribution in [0, 0.1) is 0 Å². The zero-order valence-corrected chi connectivity index (χ0v) is 13.5. The van der Waals surface area contributed by atoms with Gasteiger partial charge in [-0.15, -0.1) is 0 Å². The van der Waals surface area contributed by atoms with Gasteiger partial charge < -0.3 is 4.74 Å². The average Bonchev–Trinajstić information content (AvgIpc) is 2.59. The summed E-state index contributed by atoms with van der Waals surface area (Å²) in [5, 5.41) is 0. The van der Waals surface area contributed by atoms with Gasteiger partial charge >= 0.3 is 5.97 Å². The van der Waals surface area contributed by atoms with Crippen LogP contribution in [0.5, 0.6) is 0 Å². The molecule has 4 nitrogen and oxygen atoms in total. The van der Waals surface area contributed by atoms with Crippen LogP contribution in [-0.4, -0.2) is 22.5 Å². The van der Waals surface area contributed by atoms with Crippen LogP contribution in [0.4, 0.5) is 0 Å². The lowest BCUT2D eigenvalue weighted by molar-refractivity contribution is 0.0526. The summed E-state index contributed by atoms with van der Waals surface area (Å²) in [4.78, 5) is 18.8. The van der Waals surface area contributed by atoms with Gasteiger partial charge in [0.1, 0.15) is 0 Å². The molecule has 4 heteroatoms. The highest BCUT2D eigenvalue weighted by Crippen LogP contribution is 2.21.